The number of rotatable bonds is 4. The molecule has 2 heterocycles. The number of hydrogen-bond acceptors (Lipinski definition) is 5. The maximum absolute atomic E-state index is 10.7. The molecule has 0 aliphatic heterocycles. The fourth-order valence-corrected chi connectivity index (χ4v) is 1.38. The van der Waals surface area contributed by atoms with E-state index >= 15 is 0 Å². The third-order valence-electron chi connectivity index (χ3n) is 2.20. The normalized spacial score (nSPS) is 9.88. The minimum absolute atomic E-state index is 0.0311. The molecule has 0 atom stereocenters. The Labute approximate surface area is 97.5 Å². The second-order valence-corrected chi connectivity index (χ2v) is 3.36. The Bertz CT molecular complexity index is 516. The molecule has 17 heavy (non-hydrogen) atoms. The molecule has 86 valence electrons. The van der Waals surface area contributed by atoms with Gasteiger partial charge in [-0.3, -0.25) is 20.1 Å². The van der Waals surface area contributed by atoms with E-state index in [0.717, 1.165) is 5.56 Å². The largest absolute Gasteiger partial charge is 0.375 e. The quantitative estimate of drug-likeness (QED) is 0.641. The van der Waals surface area contributed by atoms with Crippen LogP contribution in [0, 0.1) is 10.1 Å². The lowest BCUT2D eigenvalue weighted by Crippen LogP contribution is -2.03. The lowest BCUT2D eigenvalue weighted by atomic mass is 10.2. The van der Waals surface area contributed by atoms with E-state index in [-0.39, 0.29) is 5.69 Å². The number of hydrogen-bond donors (Lipinski definition) is 1. The molecule has 2 aromatic rings. The average molecular weight is 230 g/mol. The third kappa shape index (κ3) is 2.75. The van der Waals surface area contributed by atoms with Gasteiger partial charge in [-0.1, -0.05) is 6.07 Å². The first-order valence-corrected chi connectivity index (χ1v) is 4.98. The van der Waals surface area contributed by atoms with E-state index < -0.39 is 4.92 Å². The van der Waals surface area contributed by atoms with Crippen molar-refractivity contribution < 1.29 is 4.92 Å². The Morgan fingerprint density at radius 3 is 2.76 bits per heavy atom. The Hall–Kier alpha value is -2.50. The molecule has 0 saturated carbocycles. The van der Waals surface area contributed by atoms with Crippen LogP contribution in [0.5, 0.6) is 0 Å². The summed E-state index contributed by atoms with van der Waals surface area (Å²) < 4.78 is 0. The van der Waals surface area contributed by atoms with Gasteiger partial charge in [0, 0.05) is 25.1 Å². The highest BCUT2D eigenvalue weighted by atomic mass is 16.6. The summed E-state index contributed by atoms with van der Waals surface area (Å²) in [5, 5.41) is 13.7. The minimum Gasteiger partial charge on any atom is -0.375 e. The Morgan fingerprint density at radius 1 is 1.24 bits per heavy atom. The molecule has 0 fully saturated rings. The van der Waals surface area contributed by atoms with E-state index in [2.05, 4.69) is 15.3 Å². The maximum Gasteiger partial charge on any atom is 0.310 e. The molecule has 0 aliphatic rings. The predicted molar refractivity (Wildman–Crippen MR) is 62.5 cm³/mol. The first-order valence-electron chi connectivity index (χ1n) is 4.98. The molecular weight excluding hydrogens is 220 g/mol. The molecule has 0 bridgehead atoms. The Kier molecular flexibility index (Phi) is 3.25. The highest BCUT2D eigenvalue weighted by Gasteiger charge is 2.12. The SMILES string of the molecule is O=[N+]([O-])c1cnccc1NCc1cccnc1. The monoisotopic (exact) mass is 230 g/mol. The van der Waals surface area contributed by atoms with E-state index in [1.165, 1.54) is 12.4 Å². The lowest BCUT2D eigenvalue weighted by Gasteiger charge is -2.05. The van der Waals surface area contributed by atoms with Crippen molar-refractivity contribution in [2.45, 2.75) is 6.54 Å². The van der Waals surface area contributed by atoms with Gasteiger partial charge in [0.25, 0.3) is 0 Å². The van der Waals surface area contributed by atoms with Gasteiger partial charge in [0.2, 0.25) is 0 Å². The summed E-state index contributed by atoms with van der Waals surface area (Å²) in [6.45, 7) is 0.485. The molecule has 1 N–H and O–H groups in total. The van der Waals surface area contributed by atoms with Crippen molar-refractivity contribution in [3.05, 3.63) is 58.7 Å². The molecule has 0 spiro atoms. The zero-order chi connectivity index (χ0) is 12.1. The molecule has 2 rings (SSSR count). The zero-order valence-corrected chi connectivity index (χ0v) is 8.91. The molecule has 2 aromatic heterocycles. The number of anilines is 1. The van der Waals surface area contributed by atoms with E-state index in [9.17, 15) is 10.1 Å². The standard InChI is InChI=1S/C11H10N4O2/c16-15(17)11-8-13-5-3-10(11)14-7-9-2-1-4-12-6-9/h1-6,8H,7H2,(H,13,14). The molecule has 0 aromatic carbocycles. The van der Waals surface area contributed by atoms with Crippen LogP contribution in [0.25, 0.3) is 0 Å². The van der Waals surface area contributed by atoms with Gasteiger partial charge in [-0.05, 0) is 17.7 Å². The Balaban J connectivity index is 2.12. The van der Waals surface area contributed by atoms with Crippen LogP contribution in [0.15, 0.2) is 43.0 Å². The van der Waals surface area contributed by atoms with Crippen molar-refractivity contribution in [1.29, 1.82) is 0 Å². The van der Waals surface area contributed by atoms with Crippen LogP contribution in [-0.2, 0) is 6.54 Å². The highest BCUT2D eigenvalue weighted by Crippen LogP contribution is 2.22. The average Bonchev–Trinajstić information content (AvgIpc) is 2.38. The van der Waals surface area contributed by atoms with Gasteiger partial charge in [0.15, 0.2) is 0 Å². The maximum atomic E-state index is 10.7. The first-order chi connectivity index (χ1) is 8.27. The van der Waals surface area contributed by atoms with Crippen molar-refractivity contribution in [3.63, 3.8) is 0 Å². The summed E-state index contributed by atoms with van der Waals surface area (Å²) in [4.78, 5) is 18.0. The number of aromatic nitrogens is 2. The molecule has 0 unspecified atom stereocenters. The number of nitrogens with one attached hydrogen (secondary N) is 1. The van der Waals surface area contributed by atoms with Gasteiger partial charge in [-0.2, -0.15) is 0 Å². The van der Waals surface area contributed by atoms with E-state index in [0.29, 0.717) is 12.2 Å². The topological polar surface area (TPSA) is 81.0 Å². The van der Waals surface area contributed by atoms with E-state index in [4.69, 9.17) is 0 Å². The number of pyridine rings is 2. The van der Waals surface area contributed by atoms with Crippen LogP contribution >= 0.6 is 0 Å². The van der Waals surface area contributed by atoms with Gasteiger partial charge in [-0.15, -0.1) is 0 Å². The second-order valence-electron chi connectivity index (χ2n) is 3.36. The molecule has 0 aliphatic carbocycles. The van der Waals surface area contributed by atoms with Gasteiger partial charge < -0.3 is 5.32 Å². The van der Waals surface area contributed by atoms with Gasteiger partial charge in [-0.25, -0.2) is 0 Å². The van der Waals surface area contributed by atoms with Crippen molar-refractivity contribution in [3.8, 4) is 0 Å². The summed E-state index contributed by atoms with van der Waals surface area (Å²) in [5.41, 5.74) is 1.38. The summed E-state index contributed by atoms with van der Waals surface area (Å²) in [7, 11) is 0. The summed E-state index contributed by atoms with van der Waals surface area (Å²) in [6.07, 6.45) is 6.13. The fourth-order valence-electron chi connectivity index (χ4n) is 1.38. The smallest absolute Gasteiger partial charge is 0.310 e. The van der Waals surface area contributed by atoms with Crippen molar-refractivity contribution >= 4 is 11.4 Å². The van der Waals surface area contributed by atoms with Gasteiger partial charge >= 0.3 is 5.69 Å². The number of nitro groups is 1. The predicted octanol–water partition coefficient (Wildman–Crippen LogP) is 2.00. The van der Waals surface area contributed by atoms with Crippen LogP contribution in [0.3, 0.4) is 0 Å². The van der Waals surface area contributed by atoms with Gasteiger partial charge in [0.1, 0.15) is 11.9 Å². The molecular formula is C11H10N4O2. The van der Waals surface area contributed by atoms with E-state index in [1.54, 1.807) is 18.5 Å². The summed E-state index contributed by atoms with van der Waals surface area (Å²) in [6, 6.07) is 5.29. The number of nitrogens with zero attached hydrogens (tertiary/aromatic N) is 3. The fraction of sp³-hybridized carbons (Fsp3) is 0.0909. The van der Waals surface area contributed by atoms with Crippen molar-refractivity contribution in [2.75, 3.05) is 5.32 Å². The third-order valence-corrected chi connectivity index (χ3v) is 2.20. The molecule has 6 nitrogen and oxygen atoms in total. The molecule has 6 heteroatoms. The van der Waals surface area contributed by atoms with E-state index in [1.807, 2.05) is 12.1 Å². The molecule has 0 radical (unpaired) electrons. The van der Waals surface area contributed by atoms with Crippen LogP contribution in [-0.4, -0.2) is 14.9 Å². The second kappa shape index (κ2) is 5.02. The van der Waals surface area contributed by atoms with Crippen molar-refractivity contribution in [1.82, 2.24) is 9.97 Å². The zero-order valence-electron chi connectivity index (χ0n) is 8.91. The summed E-state index contributed by atoms with van der Waals surface area (Å²) in [5.74, 6) is 0. The van der Waals surface area contributed by atoms with Crippen LogP contribution in [0.4, 0.5) is 11.4 Å². The minimum atomic E-state index is -0.460. The lowest BCUT2D eigenvalue weighted by molar-refractivity contribution is -0.384. The van der Waals surface area contributed by atoms with Crippen LogP contribution < -0.4 is 5.32 Å². The first kappa shape index (κ1) is 11.0. The Morgan fingerprint density at radius 2 is 2.06 bits per heavy atom. The van der Waals surface area contributed by atoms with Gasteiger partial charge in [0.05, 0.1) is 4.92 Å². The molecule has 0 amide bonds. The van der Waals surface area contributed by atoms with Crippen LogP contribution in [0.2, 0.25) is 0 Å². The highest BCUT2D eigenvalue weighted by molar-refractivity contribution is 5.59. The summed E-state index contributed by atoms with van der Waals surface area (Å²) >= 11 is 0. The molecule has 0 saturated heterocycles. The van der Waals surface area contributed by atoms with Crippen molar-refractivity contribution in [2.24, 2.45) is 0 Å². The van der Waals surface area contributed by atoms with Crippen LogP contribution in [0.1, 0.15) is 5.56 Å².